The van der Waals surface area contributed by atoms with E-state index in [9.17, 15) is 9.59 Å². The van der Waals surface area contributed by atoms with Crippen LogP contribution in [0.4, 0.5) is 5.00 Å². The number of carbonyl (C=O) groups is 2. The fraction of sp³-hybridized carbons (Fsp3) is 0.348. The van der Waals surface area contributed by atoms with Gasteiger partial charge in [0.15, 0.2) is 0 Å². The molecule has 1 aliphatic carbocycles. The molecule has 0 spiro atoms. The average molecular weight is 459 g/mol. The first-order valence-electron chi connectivity index (χ1n) is 10.2. The molecule has 31 heavy (non-hydrogen) atoms. The van der Waals surface area contributed by atoms with Gasteiger partial charge >= 0.3 is 5.97 Å². The van der Waals surface area contributed by atoms with Gasteiger partial charge in [-0.05, 0) is 58.1 Å². The molecule has 0 aliphatic heterocycles. The van der Waals surface area contributed by atoms with Crippen LogP contribution in [0.2, 0.25) is 5.02 Å². The van der Waals surface area contributed by atoms with Gasteiger partial charge in [-0.1, -0.05) is 35.0 Å². The highest BCUT2D eigenvalue weighted by molar-refractivity contribution is 7.17. The molecule has 162 valence electrons. The molecule has 0 bridgehead atoms. The van der Waals surface area contributed by atoms with E-state index in [1.165, 1.54) is 11.3 Å². The molecule has 8 heteroatoms. The van der Waals surface area contributed by atoms with E-state index < -0.39 is 11.9 Å². The predicted octanol–water partition coefficient (Wildman–Crippen LogP) is 6.06. The van der Waals surface area contributed by atoms with Gasteiger partial charge in [0, 0.05) is 10.4 Å². The van der Waals surface area contributed by atoms with Gasteiger partial charge in [0.25, 0.3) is 5.91 Å². The number of thiophene rings is 1. The summed E-state index contributed by atoms with van der Waals surface area (Å²) in [5.41, 5.74) is 2.73. The zero-order valence-electron chi connectivity index (χ0n) is 17.6. The van der Waals surface area contributed by atoms with Crippen LogP contribution < -0.4 is 5.32 Å². The second-order valence-electron chi connectivity index (χ2n) is 7.77. The zero-order valence-corrected chi connectivity index (χ0v) is 19.2. The number of nitrogens with one attached hydrogen (secondary N) is 1. The lowest BCUT2D eigenvalue weighted by molar-refractivity contribution is 0.0378. The van der Waals surface area contributed by atoms with Gasteiger partial charge in [-0.2, -0.15) is 0 Å². The highest BCUT2D eigenvalue weighted by Crippen LogP contribution is 2.39. The molecule has 0 atom stereocenters. The lowest BCUT2D eigenvalue weighted by Crippen LogP contribution is -2.18. The second kappa shape index (κ2) is 8.85. The molecule has 2 heterocycles. The Balaban J connectivity index is 1.72. The minimum Gasteiger partial charge on any atom is -0.459 e. The molecule has 2 aromatic heterocycles. The van der Waals surface area contributed by atoms with E-state index in [-0.39, 0.29) is 6.10 Å². The van der Waals surface area contributed by atoms with Crippen molar-refractivity contribution in [3.05, 3.63) is 56.6 Å². The van der Waals surface area contributed by atoms with Crippen LogP contribution in [0, 0.1) is 6.92 Å². The SMILES string of the molecule is Cc1onc(-c2ccccc2Cl)c1C(=O)Nc1sc2c(c1C(=O)OC(C)C)CCCC2. The summed E-state index contributed by atoms with van der Waals surface area (Å²) in [5.74, 6) is -0.427. The third kappa shape index (κ3) is 4.25. The van der Waals surface area contributed by atoms with Gasteiger partial charge in [-0.25, -0.2) is 4.79 Å². The number of ether oxygens (including phenoxy) is 1. The van der Waals surface area contributed by atoms with E-state index in [2.05, 4.69) is 10.5 Å². The van der Waals surface area contributed by atoms with Crippen LogP contribution in [0.25, 0.3) is 11.3 Å². The Bertz CT molecular complexity index is 1150. The average Bonchev–Trinajstić information content (AvgIpc) is 3.27. The highest BCUT2D eigenvalue weighted by Gasteiger charge is 2.30. The number of carbonyl (C=O) groups excluding carboxylic acids is 2. The van der Waals surface area contributed by atoms with Crippen molar-refractivity contribution in [3.63, 3.8) is 0 Å². The number of anilines is 1. The van der Waals surface area contributed by atoms with Gasteiger partial charge in [-0.3, -0.25) is 4.79 Å². The van der Waals surface area contributed by atoms with Crippen molar-refractivity contribution in [1.29, 1.82) is 0 Å². The number of benzene rings is 1. The number of aromatic nitrogens is 1. The van der Waals surface area contributed by atoms with Crippen LogP contribution in [-0.2, 0) is 17.6 Å². The third-order valence-electron chi connectivity index (χ3n) is 5.16. The van der Waals surface area contributed by atoms with Gasteiger partial charge in [-0.15, -0.1) is 11.3 Å². The largest absolute Gasteiger partial charge is 0.459 e. The fourth-order valence-electron chi connectivity index (χ4n) is 3.79. The monoisotopic (exact) mass is 458 g/mol. The number of hydrogen-bond donors (Lipinski definition) is 1. The van der Waals surface area contributed by atoms with Gasteiger partial charge in [0.05, 0.1) is 16.7 Å². The molecular weight excluding hydrogens is 436 g/mol. The van der Waals surface area contributed by atoms with Crippen molar-refractivity contribution < 1.29 is 18.8 Å². The summed E-state index contributed by atoms with van der Waals surface area (Å²) in [6, 6.07) is 7.14. The van der Waals surface area contributed by atoms with Crippen LogP contribution in [0.15, 0.2) is 28.8 Å². The van der Waals surface area contributed by atoms with Gasteiger partial charge in [0.2, 0.25) is 0 Å². The van der Waals surface area contributed by atoms with Crippen molar-refractivity contribution in [2.75, 3.05) is 5.32 Å². The van der Waals surface area contributed by atoms with Crippen molar-refractivity contribution in [3.8, 4) is 11.3 Å². The lowest BCUT2D eigenvalue weighted by atomic mass is 9.95. The number of aryl methyl sites for hydroxylation is 2. The molecule has 0 radical (unpaired) electrons. The Morgan fingerprint density at radius 3 is 2.68 bits per heavy atom. The minimum absolute atomic E-state index is 0.248. The molecule has 4 rings (SSSR count). The van der Waals surface area contributed by atoms with Gasteiger partial charge in [0.1, 0.15) is 22.0 Å². The number of amides is 1. The van der Waals surface area contributed by atoms with E-state index in [0.29, 0.717) is 38.2 Å². The van der Waals surface area contributed by atoms with Crippen LogP contribution in [0.3, 0.4) is 0 Å². The summed E-state index contributed by atoms with van der Waals surface area (Å²) >= 11 is 7.76. The van der Waals surface area contributed by atoms with E-state index in [1.807, 2.05) is 19.9 Å². The first-order chi connectivity index (χ1) is 14.9. The fourth-order valence-corrected chi connectivity index (χ4v) is 5.28. The lowest BCUT2D eigenvalue weighted by Gasteiger charge is -2.14. The van der Waals surface area contributed by atoms with Crippen LogP contribution in [0.1, 0.15) is 63.6 Å². The molecule has 1 N–H and O–H groups in total. The first kappa shape index (κ1) is 21.6. The normalized spacial score (nSPS) is 13.2. The van der Waals surface area contributed by atoms with E-state index >= 15 is 0 Å². The number of nitrogens with zero attached hydrogens (tertiary/aromatic N) is 1. The minimum atomic E-state index is -0.405. The first-order valence-corrected chi connectivity index (χ1v) is 11.4. The Morgan fingerprint density at radius 1 is 1.19 bits per heavy atom. The van der Waals surface area contributed by atoms with Crippen LogP contribution >= 0.6 is 22.9 Å². The number of esters is 1. The molecule has 3 aromatic rings. The number of hydrogen-bond acceptors (Lipinski definition) is 6. The third-order valence-corrected chi connectivity index (χ3v) is 6.70. The quantitative estimate of drug-likeness (QED) is 0.470. The Hall–Kier alpha value is -2.64. The van der Waals surface area contributed by atoms with Crippen LogP contribution in [0.5, 0.6) is 0 Å². The molecule has 1 aliphatic rings. The zero-order chi connectivity index (χ0) is 22.1. The summed E-state index contributed by atoms with van der Waals surface area (Å²) in [5, 5.41) is 7.97. The Morgan fingerprint density at radius 2 is 1.94 bits per heavy atom. The maximum absolute atomic E-state index is 13.3. The summed E-state index contributed by atoms with van der Waals surface area (Å²) < 4.78 is 10.8. The molecule has 0 saturated carbocycles. The van der Waals surface area contributed by atoms with Gasteiger partial charge < -0.3 is 14.6 Å². The number of halogens is 1. The second-order valence-corrected chi connectivity index (χ2v) is 9.28. The Kier molecular flexibility index (Phi) is 6.16. The molecule has 1 amide bonds. The molecule has 6 nitrogen and oxygen atoms in total. The molecule has 0 unspecified atom stereocenters. The van der Waals surface area contributed by atoms with Crippen molar-refractivity contribution in [1.82, 2.24) is 5.16 Å². The van der Waals surface area contributed by atoms with Crippen molar-refractivity contribution in [2.24, 2.45) is 0 Å². The number of rotatable bonds is 5. The van der Waals surface area contributed by atoms with Crippen molar-refractivity contribution in [2.45, 2.75) is 52.6 Å². The van der Waals surface area contributed by atoms with Crippen LogP contribution in [-0.4, -0.2) is 23.1 Å². The molecule has 1 aromatic carbocycles. The summed E-state index contributed by atoms with van der Waals surface area (Å²) in [6.07, 6.45) is 3.54. The molecule has 0 saturated heterocycles. The van der Waals surface area contributed by atoms with E-state index in [1.54, 1.807) is 25.1 Å². The molecular formula is C23H23ClN2O4S. The molecule has 0 fully saturated rings. The van der Waals surface area contributed by atoms with E-state index in [4.69, 9.17) is 20.9 Å². The topological polar surface area (TPSA) is 81.4 Å². The predicted molar refractivity (Wildman–Crippen MR) is 121 cm³/mol. The summed E-state index contributed by atoms with van der Waals surface area (Å²) in [6.45, 7) is 5.30. The summed E-state index contributed by atoms with van der Waals surface area (Å²) in [7, 11) is 0. The smallest absolute Gasteiger partial charge is 0.341 e. The van der Waals surface area contributed by atoms with Crippen molar-refractivity contribution >= 4 is 39.8 Å². The maximum atomic E-state index is 13.3. The summed E-state index contributed by atoms with van der Waals surface area (Å²) in [4.78, 5) is 27.3. The number of fused-ring (bicyclic) bond motifs is 1. The maximum Gasteiger partial charge on any atom is 0.341 e. The van der Waals surface area contributed by atoms with E-state index in [0.717, 1.165) is 36.1 Å². The Labute approximate surface area is 189 Å². The highest BCUT2D eigenvalue weighted by atomic mass is 35.5. The standard InChI is InChI=1S/C23H23ClN2O4S/c1-12(2)29-23(28)19-15-9-5-7-11-17(15)31-22(19)25-21(27)18-13(3)30-26-20(18)14-8-4-6-10-16(14)24/h4,6,8,10,12H,5,7,9,11H2,1-3H3,(H,25,27).